The van der Waals surface area contributed by atoms with Crippen molar-refractivity contribution in [2.75, 3.05) is 17.2 Å². The van der Waals surface area contributed by atoms with Crippen molar-refractivity contribution in [2.45, 2.75) is 31.7 Å². The van der Waals surface area contributed by atoms with Gasteiger partial charge in [-0.3, -0.25) is 9.59 Å². The molecule has 0 bridgehead atoms. The number of hydrogen-bond donors (Lipinski definition) is 3. The number of nitrogens with one attached hydrogen (secondary N) is 3. The maximum atomic E-state index is 14.0. The first-order chi connectivity index (χ1) is 12.6. The summed E-state index contributed by atoms with van der Waals surface area (Å²) in [4.78, 5) is 24.2. The van der Waals surface area contributed by atoms with Gasteiger partial charge in [0.25, 0.3) is 0 Å². The lowest BCUT2D eigenvalue weighted by molar-refractivity contribution is -0.117. The quantitative estimate of drug-likeness (QED) is 0.705. The van der Waals surface area contributed by atoms with Crippen LogP contribution in [0.1, 0.15) is 24.8 Å². The number of rotatable bonds is 6. The fraction of sp³-hybridized carbons (Fsp3) is 0.300. The molecule has 3 rings (SSSR count). The van der Waals surface area contributed by atoms with Gasteiger partial charge in [0.15, 0.2) is 0 Å². The highest BCUT2D eigenvalue weighted by atomic mass is 35.5. The SMILES string of the molecule is Cl.O=C(CC1CCCN1)Nc1ccc(F)c(NC(=O)Cc2ccccc2)c1. The highest BCUT2D eigenvalue weighted by Gasteiger charge is 2.18. The molecule has 1 aliphatic heterocycles. The number of carbonyl (C=O) groups is 2. The van der Waals surface area contributed by atoms with Crippen molar-refractivity contribution in [1.29, 1.82) is 0 Å². The summed E-state index contributed by atoms with van der Waals surface area (Å²) >= 11 is 0. The maximum Gasteiger partial charge on any atom is 0.228 e. The molecule has 1 unspecified atom stereocenters. The van der Waals surface area contributed by atoms with Crippen molar-refractivity contribution in [2.24, 2.45) is 0 Å². The third-order valence-electron chi connectivity index (χ3n) is 4.33. The summed E-state index contributed by atoms with van der Waals surface area (Å²) in [7, 11) is 0. The van der Waals surface area contributed by atoms with Gasteiger partial charge in [0.1, 0.15) is 5.82 Å². The molecular formula is C20H23ClFN3O2. The Kier molecular flexibility index (Phi) is 7.76. The fourth-order valence-electron chi connectivity index (χ4n) is 3.04. The normalized spacial score (nSPS) is 15.7. The molecule has 2 aromatic rings. The van der Waals surface area contributed by atoms with Gasteiger partial charge in [0, 0.05) is 18.2 Å². The highest BCUT2D eigenvalue weighted by Crippen LogP contribution is 2.21. The summed E-state index contributed by atoms with van der Waals surface area (Å²) in [6.07, 6.45) is 2.60. The Morgan fingerprint density at radius 2 is 1.85 bits per heavy atom. The predicted molar refractivity (Wildman–Crippen MR) is 107 cm³/mol. The average molecular weight is 392 g/mol. The van der Waals surface area contributed by atoms with Crippen LogP contribution in [0.4, 0.5) is 15.8 Å². The van der Waals surface area contributed by atoms with Crippen LogP contribution in [0.3, 0.4) is 0 Å². The van der Waals surface area contributed by atoms with Crippen LogP contribution in [0.25, 0.3) is 0 Å². The van der Waals surface area contributed by atoms with E-state index in [0.717, 1.165) is 24.9 Å². The van der Waals surface area contributed by atoms with Gasteiger partial charge in [-0.25, -0.2) is 4.39 Å². The molecule has 1 heterocycles. The van der Waals surface area contributed by atoms with Crippen LogP contribution in [0, 0.1) is 5.82 Å². The molecule has 144 valence electrons. The first-order valence-corrected chi connectivity index (χ1v) is 8.77. The Morgan fingerprint density at radius 3 is 2.56 bits per heavy atom. The lowest BCUT2D eigenvalue weighted by Crippen LogP contribution is -2.27. The van der Waals surface area contributed by atoms with E-state index in [1.54, 1.807) is 0 Å². The van der Waals surface area contributed by atoms with E-state index in [9.17, 15) is 14.0 Å². The van der Waals surface area contributed by atoms with Gasteiger partial charge in [-0.1, -0.05) is 30.3 Å². The molecule has 0 radical (unpaired) electrons. The van der Waals surface area contributed by atoms with E-state index in [2.05, 4.69) is 16.0 Å². The van der Waals surface area contributed by atoms with Crippen molar-refractivity contribution in [3.8, 4) is 0 Å². The van der Waals surface area contributed by atoms with Crippen molar-refractivity contribution in [1.82, 2.24) is 5.32 Å². The van der Waals surface area contributed by atoms with E-state index in [-0.39, 0.29) is 42.4 Å². The van der Waals surface area contributed by atoms with E-state index < -0.39 is 5.82 Å². The van der Waals surface area contributed by atoms with Gasteiger partial charge in [-0.2, -0.15) is 0 Å². The Balaban J connectivity index is 0.00000261. The lowest BCUT2D eigenvalue weighted by atomic mass is 10.1. The standard InChI is InChI=1S/C20H22FN3O2.ClH/c21-17-9-8-16(23-20(26)13-15-7-4-10-22-15)12-18(17)24-19(25)11-14-5-2-1-3-6-14;/h1-3,5-6,8-9,12,15,22H,4,7,10-11,13H2,(H,23,26)(H,24,25);1H. The second-order valence-electron chi connectivity index (χ2n) is 6.45. The molecule has 2 aromatic carbocycles. The zero-order chi connectivity index (χ0) is 18.4. The Morgan fingerprint density at radius 1 is 1.07 bits per heavy atom. The third kappa shape index (κ3) is 6.34. The van der Waals surface area contributed by atoms with Crippen LogP contribution >= 0.6 is 12.4 Å². The van der Waals surface area contributed by atoms with E-state index in [1.807, 2.05) is 30.3 Å². The largest absolute Gasteiger partial charge is 0.326 e. The molecular weight excluding hydrogens is 369 g/mol. The molecule has 2 amide bonds. The number of anilines is 2. The Labute approximate surface area is 164 Å². The minimum Gasteiger partial charge on any atom is -0.326 e. The topological polar surface area (TPSA) is 70.2 Å². The van der Waals surface area contributed by atoms with Crippen LogP contribution in [0.15, 0.2) is 48.5 Å². The van der Waals surface area contributed by atoms with E-state index in [4.69, 9.17) is 0 Å². The Bertz CT molecular complexity index is 780. The Hall–Kier alpha value is -2.44. The second kappa shape index (κ2) is 10.0. The smallest absolute Gasteiger partial charge is 0.228 e. The number of hydrogen-bond acceptors (Lipinski definition) is 3. The zero-order valence-electron chi connectivity index (χ0n) is 14.8. The van der Waals surface area contributed by atoms with Crippen molar-refractivity contribution in [3.63, 3.8) is 0 Å². The molecule has 0 spiro atoms. The number of carbonyl (C=O) groups excluding carboxylic acids is 2. The molecule has 1 aliphatic rings. The van der Waals surface area contributed by atoms with Crippen LogP contribution in [-0.2, 0) is 16.0 Å². The summed E-state index contributed by atoms with van der Waals surface area (Å²) in [5.74, 6) is -0.979. The molecule has 3 N–H and O–H groups in total. The summed E-state index contributed by atoms with van der Waals surface area (Å²) < 4.78 is 14.0. The summed E-state index contributed by atoms with van der Waals surface area (Å²) in [6, 6.07) is 13.6. The van der Waals surface area contributed by atoms with Gasteiger partial charge in [-0.15, -0.1) is 12.4 Å². The van der Waals surface area contributed by atoms with Gasteiger partial charge in [-0.05, 0) is 43.1 Å². The van der Waals surface area contributed by atoms with Gasteiger partial charge in [0.05, 0.1) is 12.1 Å². The predicted octanol–water partition coefficient (Wildman–Crippen LogP) is 3.51. The van der Waals surface area contributed by atoms with Crippen LogP contribution in [-0.4, -0.2) is 24.4 Å². The molecule has 7 heteroatoms. The number of halogens is 2. The van der Waals surface area contributed by atoms with Crippen LogP contribution in [0.5, 0.6) is 0 Å². The summed E-state index contributed by atoms with van der Waals surface area (Å²) in [6.45, 7) is 0.937. The fourth-order valence-corrected chi connectivity index (χ4v) is 3.04. The first-order valence-electron chi connectivity index (χ1n) is 8.77. The molecule has 1 fully saturated rings. The molecule has 0 aromatic heterocycles. The maximum absolute atomic E-state index is 14.0. The van der Waals surface area contributed by atoms with E-state index in [1.165, 1.54) is 18.2 Å². The van der Waals surface area contributed by atoms with Crippen LogP contribution in [0.2, 0.25) is 0 Å². The first kappa shape index (κ1) is 20.9. The van der Waals surface area contributed by atoms with Crippen LogP contribution < -0.4 is 16.0 Å². The monoisotopic (exact) mass is 391 g/mol. The van der Waals surface area contributed by atoms with Crippen molar-refractivity contribution in [3.05, 3.63) is 59.9 Å². The number of amides is 2. The lowest BCUT2D eigenvalue weighted by Gasteiger charge is -2.12. The van der Waals surface area contributed by atoms with Crippen molar-refractivity contribution < 1.29 is 14.0 Å². The van der Waals surface area contributed by atoms with Gasteiger partial charge in [0.2, 0.25) is 11.8 Å². The van der Waals surface area contributed by atoms with Crippen molar-refractivity contribution >= 4 is 35.6 Å². The highest BCUT2D eigenvalue weighted by molar-refractivity contribution is 5.95. The minimum atomic E-state index is -0.540. The van der Waals surface area contributed by atoms with Gasteiger partial charge >= 0.3 is 0 Å². The molecule has 1 atom stereocenters. The summed E-state index contributed by atoms with van der Waals surface area (Å²) in [5, 5.41) is 8.60. The number of benzene rings is 2. The second-order valence-corrected chi connectivity index (χ2v) is 6.45. The average Bonchev–Trinajstić information content (AvgIpc) is 3.11. The van der Waals surface area contributed by atoms with E-state index >= 15 is 0 Å². The molecule has 1 saturated heterocycles. The molecule has 0 saturated carbocycles. The molecule has 5 nitrogen and oxygen atoms in total. The zero-order valence-corrected chi connectivity index (χ0v) is 15.7. The minimum absolute atomic E-state index is 0. The third-order valence-corrected chi connectivity index (χ3v) is 4.33. The molecule has 27 heavy (non-hydrogen) atoms. The van der Waals surface area contributed by atoms with E-state index in [0.29, 0.717) is 12.1 Å². The molecule has 0 aliphatic carbocycles. The summed E-state index contributed by atoms with van der Waals surface area (Å²) in [5.41, 5.74) is 1.37. The van der Waals surface area contributed by atoms with Gasteiger partial charge < -0.3 is 16.0 Å².